The van der Waals surface area contributed by atoms with E-state index < -0.39 is 0 Å². The summed E-state index contributed by atoms with van der Waals surface area (Å²) >= 11 is 7.19. The molecule has 1 unspecified atom stereocenters. The maximum Gasteiger partial charge on any atom is 0.244 e. The highest BCUT2D eigenvalue weighted by atomic mass is 35.5. The summed E-state index contributed by atoms with van der Waals surface area (Å²) in [6.45, 7) is 0.392. The third-order valence-electron chi connectivity index (χ3n) is 2.18. The Morgan fingerprint density at radius 3 is 3.00 bits per heavy atom. The Bertz CT molecular complexity index is 400. The summed E-state index contributed by atoms with van der Waals surface area (Å²) in [5.41, 5.74) is 0. The normalized spacial score (nSPS) is 12.8. The lowest BCUT2D eigenvalue weighted by atomic mass is 10.2. The van der Waals surface area contributed by atoms with E-state index in [0.29, 0.717) is 17.4 Å². The van der Waals surface area contributed by atoms with Crippen LogP contribution in [0.5, 0.6) is 0 Å². The number of carbonyl (C=O) groups is 1. The van der Waals surface area contributed by atoms with Gasteiger partial charge in [-0.3, -0.25) is 4.79 Å². The fourth-order valence-corrected chi connectivity index (χ4v) is 2.34. The number of ether oxygens (including phenoxy) is 1. The van der Waals surface area contributed by atoms with Gasteiger partial charge in [0.1, 0.15) is 0 Å². The van der Waals surface area contributed by atoms with E-state index in [2.05, 4.69) is 5.32 Å². The van der Waals surface area contributed by atoms with Crippen molar-refractivity contribution in [1.29, 1.82) is 0 Å². The Morgan fingerprint density at radius 1 is 1.67 bits per heavy atom. The number of methoxy groups -OCH3 is 1. The van der Waals surface area contributed by atoms with E-state index in [1.54, 1.807) is 19.3 Å². The molecule has 2 N–H and O–H groups in total. The number of rotatable bonds is 7. The van der Waals surface area contributed by atoms with Gasteiger partial charge in [-0.1, -0.05) is 11.6 Å². The standard InChI is InChI=1S/C12H16ClNO3S/c1-17-8-9(6-7-15)14-12(16)5-3-10-2-4-11(13)18-10/h2-5,9,15H,6-8H2,1H3,(H,14,16)/b5-3+. The van der Waals surface area contributed by atoms with Crippen LogP contribution in [-0.2, 0) is 9.53 Å². The average molecular weight is 290 g/mol. The molecule has 1 aromatic rings. The maximum absolute atomic E-state index is 11.6. The topological polar surface area (TPSA) is 58.6 Å². The molecule has 4 nitrogen and oxygen atoms in total. The lowest BCUT2D eigenvalue weighted by Crippen LogP contribution is -2.37. The molecule has 0 saturated carbocycles. The first-order valence-corrected chi connectivity index (χ1v) is 6.69. The van der Waals surface area contributed by atoms with Crippen LogP contribution < -0.4 is 5.32 Å². The third kappa shape index (κ3) is 5.64. The van der Waals surface area contributed by atoms with E-state index in [-0.39, 0.29) is 18.6 Å². The zero-order valence-electron chi connectivity index (χ0n) is 10.1. The monoisotopic (exact) mass is 289 g/mol. The molecule has 1 rings (SSSR count). The Balaban J connectivity index is 2.46. The van der Waals surface area contributed by atoms with Crippen molar-refractivity contribution in [1.82, 2.24) is 5.32 Å². The second kappa shape index (κ2) is 8.26. The van der Waals surface area contributed by atoms with E-state index in [4.69, 9.17) is 21.4 Å². The number of aliphatic hydroxyl groups is 1. The zero-order chi connectivity index (χ0) is 13.4. The lowest BCUT2D eigenvalue weighted by molar-refractivity contribution is -0.117. The van der Waals surface area contributed by atoms with Crippen molar-refractivity contribution in [3.63, 3.8) is 0 Å². The molecular formula is C12H16ClNO3S. The summed E-state index contributed by atoms with van der Waals surface area (Å²) < 4.78 is 5.65. The summed E-state index contributed by atoms with van der Waals surface area (Å²) in [6, 6.07) is 3.45. The van der Waals surface area contributed by atoms with Crippen molar-refractivity contribution >= 4 is 34.9 Å². The maximum atomic E-state index is 11.6. The predicted octanol–water partition coefficient (Wildman–Crippen LogP) is 1.93. The van der Waals surface area contributed by atoms with Crippen molar-refractivity contribution in [2.75, 3.05) is 20.3 Å². The summed E-state index contributed by atoms with van der Waals surface area (Å²) in [4.78, 5) is 12.5. The molecule has 0 spiro atoms. The van der Waals surface area contributed by atoms with Crippen molar-refractivity contribution in [3.8, 4) is 0 Å². The SMILES string of the molecule is COCC(CCO)NC(=O)/C=C/c1ccc(Cl)s1. The molecule has 1 heterocycles. The number of hydrogen-bond acceptors (Lipinski definition) is 4. The molecule has 0 radical (unpaired) electrons. The predicted molar refractivity (Wildman–Crippen MR) is 73.9 cm³/mol. The molecule has 0 aliphatic rings. The number of nitrogens with one attached hydrogen (secondary N) is 1. The molecule has 0 aliphatic heterocycles. The van der Waals surface area contributed by atoms with Gasteiger partial charge < -0.3 is 15.2 Å². The molecule has 6 heteroatoms. The van der Waals surface area contributed by atoms with E-state index in [0.717, 1.165) is 4.88 Å². The van der Waals surface area contributed by atoms with Gasteiger partial charge in [-0.05, 0) is 24.6 Å². The van der Waals surface area contributed by atoms with Gasteiger partial charge in [-0.2, -0.15) is 0 Å². The molecule has 0 aliphatic carbocycles. The average Bonchev–Trinajstić information content (AvgIpc) is 2.73. The van der Waals surface area contributed by atoms with E-state index >= 15 is 0 Å². The first kappa shape index (κ1) is 15.2. The fourth-order valence-electron chi connectivity index (χ4n) is 1.38. The van der Waals surface area contributed by atoms with Gasteiger partial charge in [-0.25, -0.2) is 0 Å². The van der Waals surface area contributed by atoms with Crippen LogP contribution in [0, 0.1) is 0 Å². The van der Waals surface area contributed by atoms with Gasteiger partial charge in [-0.15, -0.1) is 11.3 Å². The first-order valence-electron chi connectivity index (χ1n) is 5.49. The van der Waals surface area contributed by atoms with E-state index in [9.17, 15) is 4.79 Å². The number of halogens is 1. The lowest BCUT2D eigenvalue weighted by Gasteiger charge is -2.15. The second-order valence-corrected chi connectivity index (χ2v) is 5.40. The largest absolute Gasteiger partial charge is 0.396 e. The summed E-state index contributed by atoms with van der Waals surface area (Å²) in [7, 11) is 1.56. The van der Waals surface area contributed by atoms with Crippen molar-refractivity contribution in [3.05, 3.63) is 27.4 Å². The zero-order valence-corrected chi connectivity index (χ0v) is 11.6. The summed E-state index contributed by atoms with van der Waals surface area (Å²) in [5, 5.41) is 11.6. The molecule has 1 amide bonds. The minimum atomic E-state index is -0.213. The van der Waals surface area contributed by atoms with E-state index in [1.165, 1.54) is 17.4 Å². The molecule has 0 saturated heterocycles. The number of hydrogen-bond donors (Lipinski definition) is 2. The smallest absolute Gasteiger partial charge is 0.244 e. The quantitative estimate of drug-likeness (QED) is 0.754. The number of thiophene rings is 1. The molecule has 0 bridgehead atoms. The summed E-state index contributed by atoms with van der Waals surface area (Å²) in [5.74, 6) is -0.213. The summed E-state index contributed by atoms with van der Waals surface area (Å²) in [6.07, 6.45) is 3.62. The number of aliphatic hydroxyl groups excluding tert-OH is 1. The Labute approximate surface area is 115 Å². The van der Waals surface area contributed by atoms with Crippen LogP contribution in [0.3, 0.4) is 0 Å². The highest BCUT2D eigenvalue weighted by Gasteiger charge is 2.09. The Hall–Kier alpha value is -0.880. The first-order chi connectivity index (χ1) is 8.65. The van der Waals surface area contributed by atoms with Gasteiger partial charge in [0, 0.05) is 24.7 Å². The van der Waals surface area contributed by atoms with Crippen LogP contribution in [0.1, 0.15) is 11.3 Å². The van der Waals surface area contributed by atoms with Crippen molar-refractivity contribution < 1.29 is 14.6 Å². The highest BCUT2D eigenvalue weighted by Crippen LogP contribution is 2.22. The van der Waals surface area contributed by atoms with Gasteiger partial charge in [0.15, 0.2) is 0 Å². The molecular weight excluding hydrogens is 274 g/mol. The molecule has 1 atom stereocenters. The number of carbonyl (C=O) groups excluding carboxylic acids is 1. The third-order valence-corrected chi connectivity index (χ3v) is 3.38. The van der Waals surface area contributed by atoms with Crippen LogP contribution in [-0.4, -0.2) is 37.4 Å². The van der Waals surface area contributed by atoms with Gasteiger partial charge in [0.25, 0.3) is 0 Å². The molecule has 1 aromatic heterocycles. The van der Waals surface area contributed by atoms with Crippen LogP contribution in [0.4, 0.5) is 0 Å². The molecule has 0 fully saturated rings. The van der Waals surface area contributed by atoms with E-state index in [1.807, 2.05) is 6.07 Å². The van der Waals surface area contributed by atoms with Crippen LogP contribution in [0.15, 0.2) is 18.2 Å². The van der Waals surface area contributed by atoms with Crippen LogP contribution >= 0.6 is 22.9 Å². The number of amides is 1. The molecule has 18 heavy (non-hydrogen) atoms. The van der Waals surface area contributed by atoms with Crippen molar-refractivity contribution in [2.45, 2.75) is 12.5 Å². The minimum Gasteiger partial charge on any atom is -0.396 e. The van der Waals surface area contributed by atoms with Crippen LogP contribution in [0.25, 0.3) is 6.08 Å². The highest BCUT2D eigenvalue weighted by molar-refractivity contribution is 7.17. The van der Waals surface area contributed by atoms with Gasteiger partial charge in [0.05, 0.1) is 17.0 Å². The Kier molecular flexibility index (Phi) is 6.97. The van der Waals surface area contributed by atoms with Gasteiger partial charge in [0.2, 0.25) is 5.91 Å². The minimum absolute atomic E-state index is 0.0125. The molecule has 100 valence electrons. The van der Waals surface area contributed by atoms with Gasteiger partial charge >= 0.3 is 0 Å². The van der Waals surface area contributed by atoms with Crippen LogP contribution in [0.2, 0.25) is 4.34 Å². The second-order valence-electron chi connectivity index (χ2n) is 3.65. The molecule has 0 aromatic carbocycles. The Morgan fingerprint density at radius 2 is 2.44 bits per heavy atom. The van der Waals surface area contributed by atoms with Crippen molar-refractivity contribution in [2.24, 2.45) is 0 Å². The fraction of sp³-hybridized carbons (Fsp3) is 0.417.